The van der Waals surface area contributed by atoms with E-state index in [1.54, 1.807) is 43.0 Å². The van der Waals surface area contributed by atoms with Crippen LogP contribution < -0.4 is 10.1 Å². The molecule has 1 amide bonds. The van der Waals surface area contributed by atoms with Crippen LogP contribution in [0.2, 0.25) is 5.02 Å². The summed E-state index contributed by atoms with van der Waals surface area (Å²) in [5.74, 6) is 2.09. The van der Waals surface area contributed by atoms with Crippen LogP contribution in [0.25, 0.3) is 11.0 Å². The van der Waals surface area contributed by atoms with Gasteiger partial charge in [0, 0.05) is 5.02 Å². The number of halogens is 1. The second kappa shape index (κ2) is 9.15. The summed E-state index contributed by atoms with van der Waals surface area (Å²) in [6.07, 6.45) is 2.19. The fourth-order valence-corrected chi connectivity index (χ4v) is 3.31. The van der Waals surface area contributed by atoms with E-state index in [0.29, 0.717) is 10.8 Å². The molecule has 1 aromatic heterocycles. The van der Waals surface area contributed by atoms with Gasteiger partial charge >= 0.3 is 0 Å². The first-order valence-corrected chi connectivity index (χ1v) is 10.5. The highest BCUT2D eigenvalue weighted by Gasteiger charge is 2.22. The first-order chi connectivity index (χ1) is 13.1. The lowest BCUT2D eigenvalue weighted by Gasteiger charge is -2.20. The Labute approximate surface area is 167 Å². The number of thioether (sulfide) groups is 1. The number of aromatic nitrogens is 2. The molecule has 0 bridgehead atoms. The highest BCUT2D eigenvalue weighted by Crippen LogP contribution is 2.21. The summed E-state index contributed by atoms with van der Waals surface area (Å²) in [5, 5.41) is 3.69. The molecular weight excluding hydrogens is 382 g/mol. The van der Waals surface area contributed by atoms with Crippen molar-refractivity contribution in [2.24, 2.45) is 0 Å². The van der Waals surface area contributed by atoms with Gasteiger partial charge in [0.05, 0.1) is 17.1 Å². The minimum Gasteiger partial charge on any atom is -0.481 e. The van der Waals surface area contributed by atoms with Gasteiger partial charge in [-0.1, -0.05) is 23.7 Å². The van der Waals surface area contributed by atoms with Crippen LogP contribution in [-0.2, 0) is 4.79 Å². The average Bonchev–Trinajstić information content (AvgIpc) is 3.10. The molecule has 0 saturated heterocycles. The van der Waals surface area contributed by atoms with Crippen molar-refractivity contribution in [2.45, 2.75) is 25.5 Å². The molecule has 0 saturated carbocycles. The molecule has 1 heterocycles. The quantitative estimate of drug-likeness (QED) is 0.577. The number of para-hydroxylation sites is 2. The number of carbonyl (C=O) groups excluding carboxylic acids is 1. The molecule has 0 aliphatic carbocycles. The molecule has 0 aliphatic heterocycles. The van der Waals surface area contributed by atoms with Crippen molar-refractivity contribution in [2.75, 3.05) is 12.0 Å². The van der Waals surface area contributed by atoms with E-state index in [2.05, 4.69) is 15.3 Å². The van der Waals surface area contributed by atoms with Crippen LogP contribution >= 0.6 is 23.4 Å². The van der Waals surface area contributed by atoms with E-state index in [0.717, 1.165) is 29.0 Å². The summed E-state index contributed by atoms with van der Waals surface area (Å²) in [5.41, 5.74) is 1.85. The Bertz CT molecular complexity index is 865. The standard InChI is InChI=1S/C20H22ClN3O2S/c1-13(26-15-9-7-14(21)8-10-15)20(25)24-18(11-12-27-2)19-22-16-5-3-4-6-17(16)23-19/h3-10,13,18H,11-12H2,1-2H3,(H,22,23)(H,24,25)/t13-,18-/m0/s1. The van der Waals surface area contributed by atoms with E-state index in [-0.39, 0.29) is 11.9 Å². The van der Waals surface area contributed by atoms with Crippen LogP contribution in [0.5, 0.6) is 5.75 Å². The zero-order valence-electron chi connectivity index (χ0n) is 15.2. The summed E-state index contributed by atoms with van der Waals surface area (Å²) >= 11 is 7.62. The fraction of sp³-hybridized carbons (Fsp3) is 0.300. The minimum absolute atomic E-state index is 0.184. The molecule has 2 atom stereocenters. The van der Waals surface area contributed by atoms with Crippen molar-refractivity contribution in [1.82, 2.24) is 15.3 Å². The van der Waals surface area contributed by atoms with Gasteiger partial charge in [0.1, 0.15) is 11.6 Å². The zero-order valence-corrected chi connectivity index (χ0v) is 16.8. The third kappa shape index (κ3) is 5.17. The Kier molecular flexibility index (Phi) is 6.63. The number of carbonyl (C=O) groups is 1. The number of rotatable bonds is 8. The lowest BCUT2D eigenvalue weighted by Crippen LogP contribution is -2.39. The first-order valence-electron chi connectivity index (χ1n) is 8.73. The summed E-state index contributed by atoms with van der Waals surface area (Å²) < 4.78 is 5.72. The third-order valence-corrected chi connectivity index (χ3v) is 5.06. The lowest BCUT2D eigenvalue weighted by molar-refractivity contribution is -0.128. The second-order valence-corrected chi connectivity index (χ2v) is 7.62. The summed E-state index contributed by atoms with van der Waals surface area (Å²) in [6.45, 7) is 1.73. The average molecular weight is 404 g/mol. The maximum absolute atomic E-state index is 12.7. The normalized spacial score (nSPS) is 13.3. The smallest absolute Gasteiger partial charge is 0.261 e. The maximum atomic E-state index is 12.7. The van der Waals surface area contributed by atoms with E-state index in [1.807, 2.05) is 30.5 Å². The van der Waals surface area contributed by atoms with Crippen LogP contribution in [0.4, 0.5) is 0 Å². The maximum Gasteiger partial charge on any atom is 0.261 e. The lowest BCUT2D eigenvalue weighted by atomic mass is 10.2. The molecular formula is C20H22ClN3O2S. The number of nitrogens with zero attached hydrogens (tertiary/aromatic N) is 1. The largest absolute Gasteiger partial charge is 0.481 e. The summed E-state index contributed by atoms with van der Waals surface area (Å²) in [6, 6.07) is 14.6. The number of benzene rings is 2. The number of hydrogen-bond acceptors (Lipinski definition) is 4. The summed E-state index contributed by atoms with van der Waals surface area (Å²) in [4.78, 5) is 20.6. The number of hydrogen-bond donors (Lipinski definition) is 2. The first kappa shape index (κ1) is 19.6. The van der Waals surface area contributed by atoms with Crippen molar-refractivity contribution in [3.05, 3.63) is 59.4 Å². The molecule has 7 heteroatoms. The predicted molar refractivity (Wildman–Crippen MR) is 112 cm³/mol. The van der Waals surface area contributed by atoms with Crippen LogP contribution in [0, 0.1) is 0 Å². The number of aromatic amines is 1. The van der Waals surface area contributed by atoms with E-state index in [4.69, 9.17) is 16.3 Å². The Hall–Kier alpha value is -2.18. The Balaban J connectivity index is 1.70. The molecule has 142 valence electrons. The molecule has 3 aromatic rings. The number of imidazole rings is 1. The Morgan fingerprint density at radius 2 is 2.00 bits per heavy atom. The monoisotopic (exact) mass is 403 g/mol. The van der Waals surface area contributed by atoms with Gasteiger partial charge in [-0.15, -0.1) is 0 Å². The van der Waals surface area contributed by atoms with Crippen LogP contribution in [0.1, 0.15) is 25.2 Å². The summed E-state index contributed by atoms with van der Waals surface area (Å²) in [7, 11) is 0. The molecule has 5 nitrogen and oxygen atoms in total. The molecule has 0 spiro atoms. The zero-order chi connectivity index (χ0) is 19.2. The molecule has 0 radical (unpaired) electrons. The molecule has 2 aromatic carbocycles. The number of H-pyrrole nitrogens is 1. The van der Waals surface area contributed by atoms with Gasteiger partial charge in [0.15, 0.2) is 6.10 Å². The Morgan fingerprint density at radius 1 is 1.26 bits per heavy atom. The highest BCUT2D eigenvalue weighted by atomic mass is 35.5. The number of amides is 1. The van der Waals surface area contributed by atoms with Crippen LogP contribution in [0.3, 0.4) is 0 Å². The van der Waals surface area contributed by atoms with E-state index < -0.39 is 6.10 Å². The topological polar surface area (TPSA) is 67.0 Å². The van der Waals surface area contributed by atoms with Crippen molar-refractivity contribution in [3.63, 3.8) is 0 Å². The molecule has 2 N–H and O–H groups in total. The van der Waals surface area contributed by atoms with Crippen LogP contribution in [-0.4, -0.2) is 34.0 Å². The highest BCUT2D eigenvalue weighted by molar-refractivity contribution is 7.98. The third-order valence-electron chi connectivity index (χ3n) is 4.16. The van der Waals surface area contributed by atoms with Crippen molar-refractivity contribution in [3.8, 4) is 5.75 Å². The SMILES string of the molecule is CSCC[C@H](NC(=O)[C@H](C)Oc1ccc(Cl)cc1)c1nc2ccccc2[nH]1. The fourth-order valence-electron chi connectivity index (χ4n) is 2.71. The number of nitrogens with one attached hydrogen (secondary N) is 2. The van der Waals surface area contributed by atoms with Gasteiger partial charge in [-0.2, -0.15) is 11.8 Å². The van der Waals surface area contributed by atoms with Gasteiger partial charge in [-0.05, 0) is 61.8 Å². The van der Waals surface area contributed by atoms with E-state index >= 15 is 0 Å². The van der Waals surface area contributed by atoms with Gasteiger partial charge in [0.25, 0.3) is 5.91 Å². The number of ether oxygens (including phenoxy) is 1. The van der Waals surface area contributed by atoms with Crippen molar-refractivity contribution < 1.29 is 9.53 Å². The molecule has 0 aliphatic rings. The van der Waals surface area contributed by atoms with Crippen molar-refractivity contribution >= 4 is 40.3 Å². The molecule has 3 rings (SSSR count). The predicted octanol–water partition coefficient (Wildman–Crippen LogP) is 4.59. The molecule has 27 heavy (non-hydrogen) atoms. The van der Waals surface area contributed by atoms with E-state index in [9.17, 15) is 4.79 Å². The Morgan fingerprint density at radius 3 is 2.70 bits per heavy atom. The number of fused-ring (bicyclic) bond motifs is 1. The van der Waals surface area contributed by atoms with Crippen molar-refractivity contribution in [1.29, 1.82) is 0 Å². The van der Waals surface area contributed by atoms with E-state index in [1.165, 1.54) is 0 Å². The van der Waals surface area contributed by atoms with Gasteiger partial charge < -0.3 is 15.0 Å². The van der Waals surface area contributed by atoms with Crippen LogP contribution in [0.15, 0.2) is 48.5 Å². The second-order valence-electron chi connectivity index (χ2n) is 6.20. The van der Waals surface area contributed by atoms with Gasteiger partial charge in [-0.25, -0.2) is 4.98 Å². The molecule has 0 fully saturated rings. The molecule has 0 unspecified atom stereocenters. The minimum atomic E-state index is -0.632. The van der Waals surface area contributed by atoms with Gasteiger partial charge in [0.2, 0.25) is 0 Å². The van der Waals surface area contributed by atoms with Gasteiger partial charge in [-0.3, -0.25) is 4.79 Å².